The van der Waals surface area contributed by atoms with Crippen LogP contribution in [-0.4, -0.2) is 27.3 Å². The summed E-state index contributed by atoms with van der Waals surface area (Å²) < 4.78 is 6.73. The smallest absolute Gasteiger partial charge is 0.204 e. The van der Waals surface area contributed by atoms with Gasteiger partial charge in [0.1, 0.15) is 11.5 Å². The number of oxazole rings is 1. The highest BCUT2D eigenvalue weighted by atomic mass is 32.2. The van der Waals surface area contributed by atoms with Gasteiger partial charge in [0, 0.05) is 12.6 Å². The van der Waals surface area contributed by atoms with Gasteiger partial charge in [0.25, 0.3) is 0 Å². The van der Waals surface area contributed by atoms with E-state index in [1.807, 2.05) is 13.1 Å². The lowest BCUT2D eigenvalue weighted by Gasteiger charge is -1.92. The molecule has 0 aliphatic rings. The first-order valence-corrected chi connectivity index (χ1v) is 9.55. The number of pyridine rings is 1. The van der Waals surface area contributed by atoms with Crippen molar-refractivity contribution in [3.8, 4) is 0 Å². The van der Waals surface area contributed by atoms with Gasteiger partial charge in [0.2, 0.25) is 5.89 Å². The number of thioether (sulfide) groups is 1. The average Bonchev–Trinajstić information content (AvgIpc) is 3.29. The molecular formula is C17H20N4O2S2. The first-order valence-electron chi connectivity index (χ1n) is 7.75. The first-order chi connectivity index (χ1) is 12.1. The number of aromatic nitrogens is 3. The molecular weight excluding hydrogens is 356 g/mol. The summed E-state index contributed by atoms with van der Waals surface area (Å²) >= 11 is 3.42. The number of rotatable bonds is 6. The molecule has 3 rings (SSSR count). The van der Waals surface area contributed by atoms with E-state index >= 15 is 0 Å². The molecule has 0 saturated heterocycles. The Hall–Kier alpha value is -2.03. The van der Waals surface area contributed by atoms with Crippen LogP contribution in [0.2, 0.25) is 0 Å². The number of thiazole rings is 1. The van der Waals surface area contributed by atoms with Crippen molar-refractivity contribution in [2.75, 3.05) is 6.54 Å². The molecule has 0 aromatic carbocycles. The van der Waals surface area contributed by atoms with Crippen molar-refractivity contribution in [1.29, 1.82) is 0 Å². The second-order valence-corrected chi connectivity index (χ2v) is 7.41. The highest BCUT2D eigenvalue weighted by Crippen LogP contribution is 2.27. The third kappa shape index (κ3) is 6.41. The number of nitrogens with two attached hydrogens (primary N) is 1. The molecule has 3 aromatic heterocycles. The number of Topliss-reactive ketones (excluding diaryl/α,β-unsaturated/α-hetero) is 1. The van der Waals surface area contributed by atoms with Gasteiger partial charge in [-0.15, -0.1) is 23.1 Å². The summed E-state index contributed by atoms with van der Waals surface area (Å²) in [7, 11) is 0. The van der Waals surface area contributed by atoms with Gasteiger partial charge >= 0.3 is 0 Å². The standard InChI is InChI=1S/C10H12N2OS2.C7H8N2O/c1-3-8-4-12-9(13-8)6-14-10-5-11-7(2)15-10;8-5-7(10)6-3-1-2-4-9-6/h4-5H,3,6H2,1-2H3;1-4H,5,8H2. The van der Waals surface area contributed by atoms with Crippen molar-refractivity contribution in [1.82, 2.24) is 15.0 Å². The zero-order valence-corrected chi connectivity index (χ0v) is 15.8. The molecule has 0 aliphatic heterocycles. The number of ketones is 1. The Kier molecular flexibility index (Phi) is 7.77. The van der Waals surface area contributed by atoms with Crippen LogP contribution in [0.3, 0.4) is 0 Å². The van der Waals surface area contributed by atoms with E-state index in [9.17, 15) is 4.79 Å². The van der Waals surface area contributed by atoms with Gasteiger partial charge in [0.15, 0.2) is 5.78 Å². The summed E-state index contributed by atoms with van der Waals surface area (Å²) in [5.41, 5.74) is 5.55. The molecule has 132 valence electrons. The van der Waals surface area contributed by atoms with Crippen LogP contribution in [-0.2, 0) is 12.2 Å². The molecule has 2 N–H and O–H groups in total. The molecule has 3 aromatic rings. The summed E-state index contributed by atoms with van der Waals surface area (Å²) in [6.45, 7) is 4.09. The molecule has 0 amide bonds. The summed E-state index contributed by atoms with van der Waals surface area (Å²) in [6, 6.07) is 5.17. The van der Waals surface area contributed by atoms with Gasteiger partial charge in [-0.3, -0.25) is 9.78 Å². The van der Waals surface area contributed by atoms with Crippen molar-refractivity contribution >= 4 is 28.9 Å². The number of hydrogen-bond donors (Lipinski definition) is 1. The van der Waals surface area contributed by atoms with Gasteiger partial charge in [-0.05, 0) is 19.1 Å². The molecule has 3 heterocycles. The predicted molar refractivity (Wildman–Crippen MR) is 99.9 cm³/mol. The van der Waals surface area contributed by atoms with Crippen LogP contribution < -0.4 is 5.73 Å². The zero-order valence-electron chi connectivity index (χ0n) is 14.1. The molecule has 25 heavy (non-hydrogen) atoms. The SMILES string of the molecule is CCc1cnc(CSc2cnc(C)s2)o1.NCC(=O)c1ccccn1. The third-order valence-electron chi connectivity index (χ3n) is 3.02. The maximum Gasteiger partial charge on any atom is 0.204 e. The Morgan fingerprint density at radius 3 is 2.68 bits per heavy atom. The predicted octanol–water partition coefficient (Wildman–Crippen LogP) is 3.52. The largest absolute Gasteiger partial charge is 0.445 e. The molecule has 0 unspecified atom stereocenters. The molecule has 0 aliphatic carbocycles. The molecule has 0 saturated carbocycles. The van der Waals surface area contributed by atoms with Crippen LogP contribution in [0, 0.1) is 6.92 Å². The van der Waals surface area contributed by atoms with Crippen LogP contribution in [0.4, 0.5) is 0 Å². The van der Waals surface area contributed by atoms with E-state index in [1.54, 1.807) is 53.7 Å². The second-order valence-electron chi connectivity index (χ2n) is 4.90. The highest BCUT2D eigenvalue weighted by molar-refractivity contribution is 8.00. The summed E-state index contributed by atoms with van der Waals surface area (Å²) in [6.07, 6.45) is 6.17. The van der Waals surface area contributed by atoms with E-state index in [-0.39, 0.29) is 12.3 Å². The van der Waals surface area contributed by atoms with E-state index in [0.29, 0.717) is 5.69 Å². The van der Waals surface area contributed by atoms with Crippen LogP contribution >= 0.6 is 23.1 Å². The zero-order chi connectivity index (χ0) is 18.1. The molecule has 0 atom stereocenters. The van der Waals surface area contributed by atoms with Crippen molar-refractivity contribution in [2.45, 2.75) is 30.2 Å². The number of nitrogens with zero attached hydrogens (tertiary/aromatic N) is 3. The van der Waals surface area contributed by atoms with Gasteiger partial charge in [-0.25, -0.2) is 9.97 Å². The second kappa shape index (κ2) is 10.1. The Bertz CT molecular complexity index is 787. The molecule has 0 fully saturated rings. The van der Waals surface area contributed by atoms with Crippen LogP contribution in [0.1, 0.15) is 34.1 Å². The third-order valence-corrected chi connectivity index (χ3v) is 5.12. The van der Waals surface area contributed by atoms with Crippen molar-refractivity contribution < 1.29 is 9.21 Å². The van der Waals surface area contributed by atoms with Gasteiger partial charge in [-0.1, -0.05) is 13.0 Å². The lowest BCUT2D eigenvalue weighted by Crippen LogP contribution is -2.14. The lowest BCUT2D eigenvalue weighted by molar-refractivity contribution is 0.0996. The van der Waals surface area contributed by atoms with Crippen molar-refractivity contribution in [3.05, 3.63) is 59.1 Å². The fourth-order valence-corrected chi connectivity index (χ4v) is 3.55. The maximum atomic E-state index is 10.8. The number of carbonyl (C=O) groups excluding carboxylic acids is 1. The lowest BCUT2D eigenvalue weighted by atomic mass is 10.2. The summed E-state index contributed by atoms with van der Waals surface area (Å²) in [4.78, 5) is 23.0. The quantitative estimate of drug-likeness (QED) is 0.519. The monoisotopic (exact) mass is 376 g/mol. The number of carbonyl (C=O) groups is 1. The maximum absolute atomic E-state index is 10.8. The minimum atomic E-state index is -0.124. The summed E-state index contributed by atoms with van der Waals surface area (Å²) in [5.74, 6) is 2.40. The minimum Gasteiger partial charge on any atom is -0.445 e. The van der Waals surface area contributed by atoms with Crippen LogP contribution in [0.25, 0.3) is 0 Å². The van der Waals surface area contributed by atoms with E-state index in [0.717, 1.165) is 28.8 Å². The Morgan fingerprint density at radius 1 is 1.28 bits per heavy atom. The van der Waals surface area contributed by atoms with Crippen LogP contribution in [0.5, 0.6) is 0 Å². The normalized spacial score (nSPS) is 10.2. The topological polar surface area (TPSA) is 94.9 Å². The van der Waals surface area contributed by atoms with Gasteiger partial charge < -0.3 is 10.2 Å². The van der Waals surface area contributed by atoms with E-state index in [4.69, 9.17) is 10.2 Å². The average molecular weight is 377 g/mol. The minimum absolute atomic E-state index is 0.0248. The van der Waals surface area contributed by atoms with Gasteiger partial charge in [-0.2, -0.15) is 0 Å². The number of hydrogen-bond acceptors (Lipinski definition) is 8. The van der Waals surface area contributed by atoms with Crippen LogP contribution in [0.15, 0.2) is 45.4 Å². The van der Waals surface area contributed by atoms with Crippen molar-refractivity contribution in [3.63, 3.8) is 0 Å². The van der Waals surface area contributed by atoms with E-state index in [1.165, 1.54) is 4.21 Å². The summed E-state index contributed by atoms with van der Waals surface area (Å²) in [5, 5.41) is 1.10. The molecule has 0 bridgehead atoms. The first kappa shape index (κ1) is 19.3. The fraction of sp³-hybridized carbons (Fsp3) is 0.294. The van der Waals surface area contributed by atoms with E-state index < -0.39 is 0 Å². The Labute approximate surface area is 154 Å². The van der Waals surface area contributed by atoms with E-state index in [2.05, 4.69) is 21.9 Å². The highest BCUT2D eigenvalue weighted by Gasteiger charge is 2.05. The molecule has 8 heteroatoms. The molecule has 0 radical (unpaired) electrons. The fourth-order valence-electron chi connectivity index (χ4n) is 1.75. The van der Waals surface area contributed by atoms with Crippen molar-refractivity contribution in [2.24, 2.45) is 5.73 Å². The number of aryl methyl sites for hydroxylation is 2. The molecule has 0 spiro atoms. The Balaban J connectivity index is 0.000000196. The molecule has 6 nitrogen and oxygen atoms in total. The Morgan fingerprint density at radius 2 is 2.12 bits per heavy atom. The van der Waals surface area contributed by atoms with Gasteiger partial charge in [0.05, 0.1) is 33.9 Å².